The van der Waals surface area contributed by atoms with Crippen LogP contribution < -0.4 is 10.0 Å². The van der Waals surface area contributed by atoms with Gasteiger partial charge in [0.05, 0.1) is 12.0 Å². The summed E-state index contributed by atoms with van der Waals surface area (Å²) in [5, 5.41) is 3.35. The van der Waals surface area contributed by atoms with Crippen LogP contribution in [-0.2, 0) is 19.6 Å². The lowest BCUT2D eigenvalue weighted by Crippen LogP contribution is -2.41. The first kappa shape index (κ1) is 18.0. The first-order valence-corrected chi connectivity index (χ1v) is 8.15. The van der Waals surface area contributed by atoms with Crippen molar-refractivity contribution >= 4 is 39.7 Å². The Balaban J connectivity index is 2.56. The number of halogens is 1. The van der Waals surface area contributed by atoms with E-state index in [1.54, 1.807) is 35.9 Å². The number of amides is 2. The van der Waals surface area contributed by atoms with Gasteiger partial charge in [-0.2, -0.15) is 0 Å². The molecule has 1 rings (SSSR count). The van der Waals surface area contributed by atoms with Crippen molar-refractivity contribution in [1.82, 2.24) is 10.0 Å². The van der Waals surface area contributed by atoms with Crippen LogP contribution in [0.1, 0.15) is 12.5 Å². The van der Waals surface area contributed by atoms with E-state index in [2.05, 4.69) is 10.1 Å². The van der Waals surface area contributed by atoms with Gasteiger partial charge >= 0.3 is 12.0 Å². The standard InChI is InChI=1S/C13H15ClN2O5S/c1-2-21-12(17)9-15-13(18)16-22(19,20)7-6-10-4-3-5-11(14)8-10/h3-8H,2,9H2,1H3,(H2,15,16,18). The first-order chi connectivity index (χ1) is 10.3. The number of hydrogen-bond acceptors (Lipinski definition) is 5. The Morgan fingerprint density at radius 1 is 1.36 bits per heavy atom. The quantitative estimate of drug-likeness (QED) is 0.760. The molecular weight excluding hydrogens is 332 g/mol. The highest BCUT2D eigenvalue weighted by Crippen LogP contribution is 2.12. The minimum Gasteiger partial charge on any atom is -0.465 e. The van der Waals surface area contributed by atoms with Crippen molar-refractivity contribution in [2.45, 2.75) is 6.92 Å². The number of urea groups is 1. The third-order valence-electron chi connectivity index (χ3n) is 2.22. The number of sulfonamides is 1. The highest BCUT2D eigenvalue weighted by atomic mass is 35.5. The van der Waals surface area contributed by atoms with Crippen LogP contribution in [-0.4, -0.2) is 33.6 Å². The molecule has 0 aliphatic rings. The van der Waals surface area contributed by atoms with E-state index in [-0.39, 0.29) is 6.61 Å². The smallest absolute Gasteiger partial charge is 0.329 e. The van der Waals surface area contributed by atoms with E-state index in [9.17, 15) is 18.0 Å². The summed E-state index contributed by atoms with van der Waals surface area (Å²) in [5.74, 6) is -0.662. The molecule has 2 amide bonds. The molecule has 0 atom stereocenters. The number of carbonyl (C=O) groups excluding carboxylic acids is 2. The van der Waals surface area contributed by atoms with Crippen LogP contribution >= 0.6 is 11.6 Å². The molecule has 120 valence electrons. The van der Waals surface area contributed by atoms with Crippen LogP contribution in [0.2, 0.25) is 5.02 Å². The van der Waals surface area contributed by atoms with Crippen molar-refractivity contribution < 1.29 is 22.7 Å². The lowest BCUT2D eigenvalue weighted by Gasteiger charge is -2.05. The van der Waals surface area contributed by atoms with Gasteiger partial charge in [0.1, 0.15) is 6.54 Å². The fourth-order valence-corrected chi connectivity index (χ4v) is 2.28. The van der Waals surface area contributed by atoms with Crippen molar-refractivity contribution in [3.63, 3.8) is 0 Å². The topological polar surface area (TPSA) is 102 Å². The second-order valence-corrected chi connectivity index (χ2v) is 6.00. The molecule has 22 heavy (non-hydrogen) atoms. The van der Waals surface area contributed by atoms with Gasteiger partial charge in [0.2, 0.25) is 0 Å². The Bertz CT molecular complexity index is 673. The molecule has 0 unspecified atom stereocenters. The van der Waals surface area contributed by atoms with E-state index >= 15 is 0 Å². The maximum Gasteiger partial charge on any atom is 0.329 e. The van der Waals surface area contributed by atoms with Crippen molar-refractivity contribution in [3.8, 4) is 0 Å². The average molecular weight is 347 g/mol. The Hall–Kier alpha value is -2.06. The van der Waals surface area contributed by atoms with Crippen LogP contribution in [0.5, 0.6) is 0 Å². The van der Waals surface area contributed by atoms with Gasteiger partial charge in [-0.25, -0.2) is 17.9 Å². The van der Waals surface area contributed by atoms with Gasteiger partial charge in [-0.3, -0.25) is 4.79 Å². The minimum atomic E-state index is -3.99. The third kappa shape index (κ3) is 7.09. The summed E-state index contributed by atoms with van der Waals surface area (Å²) in [7, 11) is -3.99. The molecule has 0 saturated heterocycles. The zero-order chi connectivity index (χ0) is 16.6. The van der Waals surface area contributed by atoms with Gasteiger partial charge in [0, 0.05) is 5.02 Å². The lowest BCUT2D eigenvalue weighted by molar-refractivity contribution is -0.141. The lowest BCUT2D eigenvalue weighted by atomic mass is 10.2. The Labute approximate surface area is 133 Å². The van der Waals surface area contributed by atoms with Gasteiger partial charge in [-0.15, -0.1) is 0 Å². The Morgan fingerprint density at radius 3 is 2.73 bits per heavy atom. The maximum absolute atomic E-state index is 11.7. The van der Waals surface area contributed by atoms with Gasteiger partial charge < -0.3 is 10.1 Å². The molecule has 0 aliphatic heterocycles. The molecule has 0 radical (unpaired) electrons. The summed E-state index contributed by atoms with van der Waals surface area (Å²) in [5.41, 5.74) is 0.560. The second-order valence-electron chi connectivity index (χ2n) is 3.99. The van der Waals surface area contributed by atoms with Gasteiger partial charge in [-0.1, -0.05) is 23.7 Å². The van der Waals surface area contributed by atoms with Crippen molar-refractivity contribution in [1.29, 1.82) is 0 Å². The van der Waals surface area contributed by atoms with E-state index in [4.69, 9.17) is 11.6 Å². The molecule has 0 spiro atoms. The van der Waals surface area contributed by atoms with E-state index in [0.29, 0.717) is 10.6 Å². The fourth-order valence-electron chi connectivity index (χ4n) is 1.34. The summed E-state index contributed by atoms with van der Waals surface area (Å²) in [6, 6.07) is 5.50. The van der Waals surface area contributed by atoms with Crippen molar-refractivity contribution in [2.24, 2.45) is 0 Å². The van der Waals surface area contributed by atoms with Crippen molar-refractivity contribution in [2.75, 3.05) is 13.2 Å². The molecule has 0 saturated carbocycles. The zero-order valence-corrected chi connectivity index (χ0v) is 13.3. The van der Waals surface area contributed by atoms with Crippen LogP contribution in [0, 0.1) is 0 Å². The normalized spacial score (nSPS) is 11.2. The van der Waals surface area contributed by atoms with Crippen LogP contribution in [0.3, 0.4) is 0 Å². The third-order valence-corrected chi connectivity index (χ3v) is 3.42. The molecule has 2 N–H and O–H groups in total. The molecular formula is C13H15ClN2O5S. The fraction of sp³-hybridized carbons (Fsp3) is 0.231. The van der Waals surface area contributed by atoms with E-state index in [1.165, 1.54) is 6.08 Å². The number of hydrogen-bond donors (Lipinski definition) is 2. The molecule has 1 aromatic carbocycles. The average Bonchev–Trinajstić information content (AvgIpc) is 2.43. The predicted octanol–water partition coefficient (Wildman–Crippen LogP) is 1.50. The largest absolute Gasteiger partial charge is 0.465 e. The summed E-state index contributed by atoms with van der Waals surface area (Å²) < 4.78 is 29.6. The van der Waals surface area contributed by atoms with Gasteiger partial charge in [0.25, 0.3) is 10.0 Å². The van der Waals surface area contributed by atoms with E-state index in [0.717, 1.165) is 5.41 Å². The molecule has 0 fully saturated rings. The summed E-state index contributed by atoms with van der Waals surface area (Å²) in [4.78, 5) is 22.4. The summed E-state index contributed by atoms with van der Waals surface area (Å²) >= 11 is 5.77. The number of carbonyl (C=O) groups is 2. The zero-order valence-electron chi connectivity index (χ0n) is 11.7. The number of benzene rings is 1. The molecule has 0 heterocycles. The minimum absolute atomic E-state index is 0.169. The first-order valence-electron chi connectivity index (χ1n) is 6.22. The number of ether oxygens (including phenoxy) is 1. The maximum atomic E-state index is 11.7. The number of nitrogens with one attached hydrogen (secondary N) is 2. The molecule has 1 aromatic rings. The van der Waals surface area contributed by atoms with E-state index < -0.39 is 28.6 Å². The summed E-state index contributed by atoms with van der Waals surface area (Å²) in [6.45, 7) is 1.36. The monoisotopic (exact) mass is 346 g/mol. The number of esters is 1. The van der Waals surface area contributed by atoms with E-state index in [1.807, 2.05) is 0 Å². The van der Waals surface area contributed by atoms with Crippen LogP contribution in [0.15, 0.2) is 29.7 Å². The van der Waals surface area contributed by atoms with Gasteiger partial charge in [0.15, 0.2) is 0 Å². The molecule has 0 aliphatic carbocycles. The van der Waals surface area contributed by atoms with Crippen LogP contribution in [0.25, 0.3) is 6.08 Å². The molecule has 9 heteroatoms. The van der Waals surface area contributed by atoms with Gasteiger partial charge in [-0.05, 0) is 30.7 Å². The second kappa shape index (κ2) is 8.40. The highest BCUT2D eigenvalue weighted by Gasteiger charge is 2.12. The Kier molecular flexibility index (Phi) is 6.87. The van der Waals surface area contributed by atoms with Crippen LogP contribution in [0.4, 0.5) is 4.79 Å². The predicted molar refractivity (Wildman–Crippen MR) is 82.6 cm³/mol. The summed E-state index contributed by atoms with van der Waals surface area (Å²) in [6.07, 6.45) is 1.28. The highest BCUT2D eigenvalue weighted by molar-refractivity contribution is 7.93. The Morgan fingerprint density at radius 2 is 2.09 bits per heavy atom. The van der Waals surface area contributed by atoms with Crippen molar-refractivity contribution in [3.05, 3.63) is 40.3 Å². The SMILES string of the molecule is CCOC(=O)CNC(=O)NS(=O)(=O)C=Cc1cccc(Cl)c1. The molecule has 0 bridgehead atoms. The number of rotatable bonds is 6. The molecule has 0 aromatic heterocycles. The molecule has 7 nitrogen and oxygen atoms in total.